The van der Waals surface area contributed by atoms with E-state index in [0.29, 0.717) is 5.56 Å². The fraction of sp³-hybridized carbons (Fsp3) is 0.263. The number of hydrogen-bond donors (Lipinski definition) is 2. The fourth-order valence-corrected chi connectivity index (χ4v) is 2.85. The van der Waals surface area contributed by atoms with Crippen molar-refractivity contribution in [2.75, 3.05) is 31.6 Å². The number of nitrogens with one attached hydrogen (secondary N) is 2. The summed E-state index contributed by atoms with van der Waals surface area (Å²) in [6, 6.07) is 17.1. The molecule has 1 aliphatic rings. The molecule has 1 heterocycles. The Morgan fingerprint density at radius 2 is 1.72 bits per heavy atom. The quantitative estimate of drug-likeness (QED) is 0.826. The van der Waals surface area contributed by atoms with Gasteiger partial charge in [0.25, 0.3) is 5.91 Å². The maximum Gasteiger partial charge on any atom is 0.257 e. The van der Waals surface area contributed by atoms with E-state index in [1.54, 1.807) is 12.1 Å². The van der Waals surface area contributed by atoms with Crippen LogP contribution in [-0.2, 0) is 11.3 Å². The molecular formula is C19H21N3O2S. The molecule has 1 saturated heterocycles. The molecule has 1 aliphatic heterocycles. The second-order valence-corrected chi connectivity index (χ2v) is 6.27. The summed E-state index contributed by atoms with van der Waals surface area (Å²) in [5.74, 6) is -0.220. The highest BCUT2D eigenvalue weighted by Gasteiger charge is 2.11. The van der Waals surface area contributed by atoms with Gasteiger partial charge in [-0.3, -0.25) is 15.0 Å². The van der Waals surface area contributed by atoms with Crippen LogP contribution >= 0.6 is 12.2 Å². The van der Waals surface area contributed by atoms with Crippen molar-refractivity contribution in [3.63, 3.8) is 0 Å². The van der Waals surface area contributed by atoms with E-state index in [0.717, 1.165) is 38.5 Å². The first-order chi connectivity index (χ1) is 12.2. The van der Waals surface area contributed by atoms with E-state index in [4.69, 9.17) is 17.0 Å². The van der Waals surface area contributed by atoms with Gasteiger partial charge in [0.15, 0.2) is 5.11 Å². The first kappa shape index (κ1) is 17.5. The number of anilines is 1. The van der Waals surface area contributed by atoms with E-state index in [1.165, 1.54) is 5.56 Å². The van der Waals surface area contributed by atoms with Gasteiger partial charge in [-0.25, -0.2) is 0 Å². The number of hydrogen-bond acceptors (Lipinski definition) is 4. The first-order valence-electron chi connectivity index (χ1n) is 8.27. The van der Waals surface area contributed by atoms with Crippen molar-refractivity contribution < 1.29 is 9.53 Å². The second kappa shape index (κ2) is 8.71. The van der Waals surface area contributed by atoms with Crippen LogP contribution in [0.25, 0.3) is 0 Å². The van der Waals surface area contributed by atoms with E-state index in [-0.39, 0.29) is 11.0 Å². The van der Waals surface area contributed by atoms with Crippen molar-refractivity contribution in [3.8, 4) is 0 Å². The third-order valence-electron chi connectivity index (χ3n) is 3.98. The summed E-state index contributed by atoms with van der Waals surface area (Å²) in [5.41, 5.74) is 2.67. The molecule has 3 rings (SSSR count). The normalized spacial score (nSPS) is 14.7. The molecule has 0 atom stereocenters. The van der Waals surface area contributed by atoms with Gasteiger partial charge >= 0.3 is 0 Å². The van der Waals surface area contributed by atoms with Crippen LogP contribution in [0.2, 0.25) is 0 Å². The highest BCUT2D eigenvalue weighted by molar-refractivity contribution is 7.80. The Balaban J connectivity index is 1.50. The highest BCUT2D eigenvalue weighted by Crippen LogP contribution is 2.12. The van der Waals surface area contributed by atoms with Crippen molar-refractivity contribution in [1.82, 2.24) is 10.2 Å². The van der Waals surface area contributed by atoms with Gasteiger partial charge in [-0.05, 0) is 42.0 Å². The van der Waals surface area contributed by atoms with Crippen molar-refractivity contribution in [3.05, 3.63) is 65.7 Å². The molecule has 130 valence electrons. The molecule has 2 aromatic rings. The lowest BCUT2D eigenvalue weighted by Gasteiger charge is -2.26. The zero-order valence-electron chi connectivity index (χ0n) is 13.9. The van der Waals surface area contributed by atoms with Gasteiger partial charge < -0.3 is 10.1 Å². The minimum absolute atomic E-state index is 0.220. The third kappa shape index (κ3) is 5.35. The summed E-state index contributed by atoms with van der Waals surface area (Å²) >= 11 is 5.21. The molecule has 5 nitrogen and oxygen atoms in total. The van der Waals surface area contributed by atoms with Crippen LogP contribution in [0.3, 0.4) is 0 Å². The lowest BCUT2D eigenvalue weighted by atomic mass is 10.2. The molecule has 2 aromatic carbocycles. The molecule has 1 fully saturated rings. The van der Waals surface area contributed by atoms with Gasteiger partial charge in [0, 0.05) is 30.9 Å². The molecule has 1 amide bonds. The van der Waals surface area contributed by atoms with Crippen LogP contribution in [0.1, 0.15) is 15.9 Å². The molecule has 0 unspecified atom stereocenters. The van der Waals surface area contributed by atoms with Gasteiger partial charge in [-0.1, -0.05) is 30.3 Å². The minimum Gasteiger partial charge on any atom is -0.379 e. The van der Waals surface area contributed by atoms with Crippen molar-refractivity contribution in [2.45, 2.75) is 6.54 Å². The predicted molar refractivity (Wildman–Crippen MR) is 103 cm³/mol. The van der Waals surface area contributed by atoms with E-state index in [1.807, 2.05) is 30.3 Å². The van der Waals surface area contributed by atoms with Crippen LogP contribution in [0.4, 0.5) is 5.69 Å². The number of thiocarbonyl (C=S) groups is 1. The number of rotatable bonds is 4. The SMILES string of the molecule is O=C(NC(=S)Nc1ccc(CN2CCOCC2)cc1)c1ccccc1. The van der Waals surface area contributed by atoms with Crippen molar-refractivity contribution in [2.24, 2.45) is 0 Å². The monoisotopic (exact) mass is 355 g/mol. The van der Waals surface area contributed by atoms with Gasteiger partial charge in [0.2, 0.25) is 0 Å². The second-order valence-electron chi connectivity index (χ2n) is 5.86. The summed E-state index contributed by atoms with van der Waals surface area (Å²) in [5, 5.41) is 6.01. The summed E-state index contributed by atoms with van der Waals surface area (Å²) in [7, 11) is 0. The van der Waals surface area contributed by atoms with E-state index in [2.05, 4.69) is 27.7 Å². The van der Waals surface area contributed by atoms with Gasteiger partial charge in [-0.15, -0.1) is 0 Å². The summed E-state index contributed by atoms with van der Waals surface area (Å²) < 4.78 is 5.36. The summed E-state index contributed by atoms with van der Waals surface area (Å²) in [4.78, 5) is 14.4. The average molecular weight is 355 g/mol. The van der Waals surface area contributed by atoms with Crippen molar-refractivity contribution in [1.29, 1.82) is 0 Å². The Morgan fingerprint density at radius 1 is 1.04 bits per heavy atom. The summed E-state index contributed by atoms with van der Waals surface area (Å²) in [6.45, 7) is 4.45. The van der Waals surface area contributed by atoms with E-state index >= 15 is 0 Å². The predicted octanol–water partition coefficient (Wildman–Crippen LogP) is 2.65. The Labute approximate surface area is 153 Å². The molecular weight excluding hydrogens is 334 g/mol. The van der Waals surface area contributed by atoms with Gasteiger partial charge in [0.05, 0.1) is 13.2 Å². The first-order valence-corrected chi connectivity index (χ1v) is 8.68. The zero-order chi connectivity index (χ0) is 17.5. The topological polar surface area (TPSA) is 53.6 Å². The minimum atomic E-state index is -0.220. The lowest BCUT2D eigenvalue weighted by molar-refractivity contribution is 0.0342. The maximum atomic E-state index is 12.1. The maximum absolute atomic E-state index is 12.1. The highest BCUT2D eigenvalue weighted by atomic mass is 32.1. The number of morpholine rings is 1. The average Bonchev–Trinajstić information content (AvgIpc) is 2.65. The Morgan fingerprint density at radius 3 is 2.40 bits per heavy atom. The smallest absolute Gasteiger partial charge is 0.257 e. The van der Waals surface area contributed by atoms with Crippen LogP contribution in [0.15, 0.2) is 54.6 Å². The van der Waals surface area contributed by atoms with Crippen LogP contribution in [0.5, 0.6) is 0 Å². The molecule has 0 aromatic heterocycles. The van der Waals surface area contributed by atoms with Crippen molar-refractivity contribution >= 4 is 28.9 Å². The fourth-order valence-electron chi connectivity index (χ4n) is 2.64. The lowest BCUT2D eigenvalue weighted by Crippen LogP contribution is -2.35. The molecule has 0 spiro atoms. The molecule has 2 N–H and O–H groups in total. The largest absolute Gasteiger partial charge is 0.379 e. The molecule has 0 aliphatic carbocycles. The number of nitrogens with zero attached hydrogens (tertiary/aromatic N) is 1. The zero-order valence-corrected chi connectivity index (χ0v) is 14.7. The molecule has 0 saturated carbocycles. The molecule has 0 bridgehead atoms. The number of benzene rings is 2. The van der Waals surface area contributed by atoms with Gasteiger partial charge in [-0.2, -0.15) is 0 Å². The Bertz CT molecular complexity index is 713. The number of amides is 1. The van der Waals surface area contributed by atoms with Crippen LogP contribution in [0, 0.1) is 0 Å². The molecule has 6 heteroatoms. The van der Waals surface area contributed by atoms with Crippen LogP contribution < -0.4 is 10.6 Å². The van der Waals surface area contributed by atoms with E-state index < -0.39 is 0 Å². The van der Waals surface area contributed by atoms with Crippen LogP contribution in [-0.4, -0.2) is 42.2 Å². The standard InChI is InChI=1S/C19H21N3O2S/c23-18(16-4-2-1-3-5-16)21-19(25)20-17-8-6-15(7-9-17)14-22-10-12-24-13-11-22/h1-9H,10-14H2,(H2,20,21,23,25). The summed E-state index contributed by atoms with van der Waals surface area (Å²) in [6.07, 6.45) is 0. The molecule has 0 radical (unpaired) electrons. The number of carbonyl (C=O) groups excluding carboxylic acids is 1. The molecule has 25 heavy (non-hydrogen) atoms. The Hall–Kier alpha value is -2.28. The number of carbonyl (C=O) groups is 1. The van der Waals surface area contributed by atoms with Gasteiger partial charge in [0.1, 0.15) is 0 Å². The third-order valence-corrected chi connectivity index (χ3v) is 4.19. The van der Waals surface area contributed by atoms with E-state index in [9.17, 15) is 4.79 Å². The number of ether oxygens (including phenoxy) is 1. The Kier molecular flexibility index (Phi) is 6.11.